The third-order valence-corrected chi connectivity index (χ3v) is 4.14. The molecule has 8 nitrogen and oxygen atoms in total. The van der Waals surface area contributed by atoms with E-state index in [2.05, 4.69) is 25.6 Å². The van der Waals surface area contributed by atoms with Gasteiger partial charge in [0, 0.05) is 38.3 Å². The molecule has 0 radical (unpaired) electrons. The first kappa shape index (κ1) is 23.5. The molecule has 0 saturated carbocycles. The van der Waals surface area contributed by atoms with Gasteiger partial charge in [0.25, 0.3) is 0 Å². The van der Waals surface area contributed by atoms with Crippen LogP contribution in [0.4, 0.5) is 0 Å². The van der Waals surface area contributed by atoms with Gasteiger partial charge in [0.1, 0.15) is 5.82 Å². The number of amides is 1. The molecule has 2 heterocycles. The number of unbranched alkanes of at least 4 members (excludes halogenated alkanes) is 5. The third kappa shape index (κ3) is 13.7. The van der Waals surface area contributed by atoms with Crippen LogP contribution in [0.3, 0.4) is 0 Å². The minimum absolute atomic E-state index is 0.0222. The van der Waals surface area contributed by atoms with Gasteiger partial charge in [-0.15, -0.1) is 0 Å². The molecule has 3 N–H and O–H groups in total. The number of aliphatic imine (C=N–C) groups is 1. The molecule has 1 aliphatic heterocycles. The number of nitrogens with zero attached hydrogens (tertiary/aromatic N) is 3. The summed E-state index contributed by atoms with van der Waals surface area (Å²) < 4.78 is 0. The average Bonchev–Trinajstić information content (AvgIpc) is 2.93. The van der Waals surface area contributed by atoms with Crippen LogP contribution in [0.15, 0.2) is 23.5 Å². The lowest BCUT2D eigenvalue weighted by molar-refractivity contribution is -0.137. The van der Waals surface area contributed by atoms with Gasteiger partial charge < -0.3 is 10.4 Å². The molecule has 0 bridgehead atoms. The second kappa shape index (κ2) is 15.5. The van der Waals surface area contributed by atoms with E-state index in [1.54, 1.807) is 18.5 Å². The van der Waals surface area contributed by atoms with Crippen LogP contribution in [0, 0.1) is 6.92 Å². The Kier molecular flexibility index (Phi) is 13.1. The van der Waals surface area contributed by atoms with Crippen molar-refractivity contribution in [3.8, 4) is 0 Å². The van der Waals surface area contributed by atoms with Crippen LogP contribution >= 0.6 is 0 Å². The fraction of sp³-hybridized carbons (Fsp3) is 0.650. The summed E-state index contributed by atoms with van der Waals surface area (Å²) in [7, 11) is 0. The minimum atomic E-state index is -0.721. The highest BCUT2D eigenvalue weighted by atomic mass is 16.4. The normalized spacial score (nSPS) is 13.2. The van der Waals surface area contributed by atoms with E-state index in [1.165, 1.54) is 0 Å². The van der Waals surface area contributed by atoms with Crippen molar-refractivity contribution in [3.63, 3.8) is 0 Å². The van der Waals surface area contributed by atoms with E-state index in [-0.39, 0.29) is 12.3 Å². The van der Waals surface area contributed by atoms with Gasteiger partial charge in [0.2, 0.25) is 5.91 Å². The first-order valence-electron chi connectivity index (χ1n) is 10.1. The number of carbonyl (C=O) groups is 2. The summed E-state index contributed by atoms with van der Waals surface area (Å²) in [6.07, 6.45) is 12.1. The largest absolute Gasteiger partial charge is 0.481 e. The topological polar surface area (TPSA) is 117 Å². The lowest BCUT2D eigenvalue weighted by atomic mass is 10.1. The first-order chi connectivity index (χ1) is 13.6. The van der Waals surface area contributed by atoms with E-state index in [0.29, 0.717) is 12.4 Å². The molecule has 156 valence electrons. The Labute approximate surface area is 167 Å². The van der Waals surface area contributed by atoms with Gasteiger partial charge in [0.05, 0.1) is 0 Å². The highest BCUT2D eigenvalue weighted by Crippen LogP contribution is 2.08. The van der Waals surface area contributed by atoms with E-state index in [9.17, 15) is 9.59 Å². The molecule has 0 saturated heterocycles. The first-order valence-corrected chi connectivity index (χ1v) is 10.1. The maximum Gasteiger partial charge on any atom is 0.303 e. The third-order valence-electron chi connectivity index (χ3n) is 4.14. The minimum Gasteiger partial charge on any atom is -0.481 e. The summed E-state index contributed by atoms with van der Waals surface area (Å²) in [5, 5.41) is 14.4. The summed E-state index contributed by atoms with van der Waals surface area (Å²) in [5.74, 6) is 0.740. The molecule has 1 aromatic heterocycles. The molecule has 0 aromatic carbocycles. The van der Waals surface area contributed by atoms with Crippen LogP contribution in [0.1, 0.15) is 70.0 Å². The fourth-order valence-electron chi connectivity index (χ4n) is 2.61. The van der Waals surface area contributed by atoms with Crippen molar-refractivity contribution in [2.45, 2.75) is 71.1 Å². The number of hydrogen-bond donors (Lipinski definition) is 3. The maximum absolute atomic E-state index is 11.7. The highest BCUT2D eigenvalue weighted by Gasteiger charge is 2.07. The summed E-state index contributed by atoms with van der Waals surface area (Å²) in [4.78, 5) is 34.1. The van der Waals surface area contributed by atoms with Crippen LogP contribution in [0.2, 0.25) is 0 Å². The molecule has 1 aliphatic rings. The van der Waals surface area contributed by atoms with Crippen LogP contribution in [0.5, 0.6) is 0 Å². The molecule has 0 aliphatic carbocycles. The van der Waals surface area contributed by atoms with Crippen LogP contribution in [-0.2, 0) is 9.59 Å². The SMILES string of the molecule is Cc1ncccn1.O=C(O)CCCCCCCCC(=O)NC1=NCCCCN1. The van der Waals surface area contributed by atoms with Crippen LogP contribution < -0.4 is 10.6 Å². The number of rotatable bonds is 9. The summed E-state index contributed by atoms with van der Waals surface area (Å²) >= 11 is 0. The Hall–Kier alpha value is -2.51. The van der Waals surface area contributed by atoms with Crippen molar-refractivity contribution in [1.82, 2.24) is 20.6 Å². The van der Waals surface area contributed by atoms with E-state index < -0.39 is 5.97 Å². The monoisotopic (exact) mass is 391 g/mol. The molecule has 0 spiro atoms. The lowest BCUT2D eigenvalue weighted by Gasteiger charge is -2.08. The Morgan fingerprint density at radius 3 is 2.29 bits per heavy atom. The Morgan fingerprint density at radius 1 is 1.04 bits per heavy atom. The van der Waals surface area contributed by atoms with Crippen molar-refractivity contribution in [1.29, 1.82) is 0 Å². The van der Waals surface area contributed by atoms with Crippen molar-refractivity contribution < 1.29 is 14.7 Å². The van der Waals surface area contributed by atoms with E-state index in [4.69, 9.17) is 5.11 Å². The Bertz CT molecular complexity index is 593. The second-order valence-electron chi connectivity index (χ2n) is 6.72. The van der Waals surface area contributed by atoms with Gasteiger partial charge in [-0.25, -0.2) is 9.97 Å². The number of aryl methyl sites for hydroxylation is 1. The molecular weight excluding hydrogens is 358 g/mol. The number of carbonyl (C=O) groups excluding carboxylic acids is 1. The maximum atomic E-state index is 11.7. The molecule has 1 aromatic rings. The molecule has 0 atom stereocenters. The molecular formula is C20H33N5O3. The van der Waals surface area contributed by atoms with E-state index >= 15 is 0 Å². The summed E-state index contributed by atoms with van der Waals surface area (Å²) in [5.41, 5.74) is 0. The Balaban J connectivity index is 0.000000467. The second-order valence-corrected chi connectivity index (χ2v) is 6.72. The van der Waals surface area contributed by atoms with Gasteiger partial charge in [-0.2, -0.15) is 0 Å². The Morgan fingerprint density at radius 2 is 1.68 bits per heavy atom. The zero-order valence-corrected chi connectivity index (χ0v) is 16.8. The standard InChI is InChI=1S/C15H27N3O3.C5H6N2/c19-13(18-15-16-11-7-8-12-17-15)9-5-3-1-2-4-6-10-14(20)21;1-5-6-3-2-4-7-5/h1-12H2,(H,20,21)(H2,16,17,18,19);2-4H,1H3. The van der Waals surface area contributed by atoms with Crippen LogP contribution in [0.25, 0.3) is 0 Å². The lowest BCUT2D eigenvalue weighted by Crippen LogP contribution is -2.40. The van der Waals surface area contributed by atoms with Gasteiger partial charge in [0.15, 0.2) is 5.96 Å². The number of carboxylic acid groups (broad SMARTS) is 1. The smallest absolute Gasteiger partial charge is 0.303 e. The number of hydrogen-bond acceptors (Lipinski definition) is 6. The number of aromatic nitrogens is 2. The average molecular weight is 392 g/mol. The zero-order valence-electron chi connectivity index (χ0n) is 16.8. The molecule has 2 rings (SSSR count). The molecule has 28 heavy (non-hydrogen) atoms. The quantitative estimate of drug-likeness (QED) is 0.557. The number of aliphatic carboxylic acids is 1. The molecule has 0 fully saturated rings. The predicted octanol–water partition coefficient (Wildman–Crippen LogP) is 2.83. The van der Waals surface area contributed by atoms with Crippen molar-refractivity contribution >= 4 is 17.8 Å². The number of carboxylic acids is 1. The van der Waals surface area contributed by atoms with E-state index in [0.717, 1.165) is 70.3 Å². The fourth-order valence-corrected chi connectivity index (χ4v) is 2.61. The molecule has 1 amide bonds. The van der Waals surface area contributed by atoms with Crippen molar-refractivity contribution in [3.05, 3.63) is 24.3 Å². The van der Waals surface area contributed by atoms with Gasteiger partial charge in [-0.3, -0.25) is 19.9 Å². The predicted molar refractivity (Wildman–Crippen MR) is 109 cm³/mol. The van der Waals surface area contributed by atoms with Gasteiger partial charge in [-0.1, -0.05) is 25.7 Å². The van der Waals surface area contributed by atoms with Gasteiger partial charge in [-0.05, 0) is 38.7 Å². The highest BCUT2D eigenvalue weighted by molar-refractivity contribution is 5.96. The van der Waals surface area contributed by atoms with E-state index in [1.807, 2.05) is 6.92 Å². The van der Waals surface area contributed by atoms with Crippen LogP contribution in [-0.4, -0.2) is 46.0 Å². The molecule has 8 heteroatoms. The summed E-state index contributed by atoms with van der Waals surface area (Å²) in [6.45, 7) is 3.51. The summed E-state index contributed by atoms with van der Waals surface area (Å²) in [6, 6.07) is 1.80. The number of nitrogens with one attached hydrogen (secondary N) is 2. The number of guanidine groups is 1. The van der Waals surface area contributed by atoms with Crippen molar-refractivity contribution in [2.75, 3.05) is 13.1 Å². The van der Waals surface area contributed by atoms with Crippen molar-refractivity contribution in [2.24, 2.45) is 4.99 Å². The zero-order chi connectivity index (χ0) is 20.5. The van der Waals surface area contributed by atoms with Gasteiger partial charge >= 0.3 is 5.97 Å². The molecule has 0 unspecified atom stereocenters.